The summed E-state index contributed by atoms with van der Waals surface area (Å²) < 4.78 is 0.186. The fraction of sp³-hybridized carbons (Fsp3) is 0.960. The van der Waals surface area contributed by atoms with Crippen LogP contribution in [0.2, 0.25) is 0 Å². The Balaban J connectivity index is -0.00000392. The largest absolute Gasteiger partial charge is 1.00 e. The molecule has 0 aliphatic rings. The van der Waals surface area contributed by atoms with E-state index in [1.807, 2.05) is 21.1 Å². The second-order valence-corrected chi connectivity index (χ2v) is 9.95. The van der Waals surface area contributed by atoms with E-state index < -0.39 is 17.6 Å². The average Bonchev–Trinajstić information content (AvgIpc) is 2.62. The van der Waals surface area contributed by atoms with E-state index in [1.54, 1.807) is 6.92 Å². The molecule has 0 rings (SSSR count). The van der Waals surface area contributed by atoms with E-state index in [9.17, 15) is 15.0 Å². The van der Waals surface area contributed by atoms with Gasteiger partial charge in [0.15, 0.2) is 5.54 Å². The fourth-order valence-corrected chi connectivity index (χ4v) is 4.59. The SMILES string of the molecule is CCCCCCCCCCCCCCCCCCC(C(=O)[O-])(C(C)O)[N+](C)(C)C.[Cl-].[Na+]. The van der Waals surface area contributed by atoms with Gasteiger partial charge in [-0.15, -0.1) is 0 Å². The number of carbonyl (C=O) groups is 1. The first-order chi connectivity index (χ1) is 13.7. The summed E-state index contributed by atoms with van der Waals surface area (Å²) in [4.78, 5) is 11.8. The molecular formula is C25H51ClNNaO3. The Labute approximate surface area is 222 Å². The molecular weight excluding hydrogens is 421 g/mol. The van der Waals surface area contributed by atoms with Crippen molar-refractivity contribution in [2.24, 2.45) is 0 Å². The molecule has 0 bridgehead atoms. The van der Waals surface area contributed by atoms with E-state index in [4.69, 9.17) is 0 Å². The molecule has 2 atom stereocenters. The number of nitrogens with zero attached hydrogens (tertiary/aromatic N) is 1. The molecule has 2 unspecified atom stereocenters. The van der Waals surface area contributed by atoms with Gasteiger partial charge < -0.3 is 31.9 Å². The number of carboxylic acids is 1. The summed E-state index contributed by atoms with van der Waals surface area (Å²) >= 11 is 0. The molecule has 0 heterocycles. The number of carbonyl (C=O) groups excluding carboxylic acids is 1. The number of hydrogen-bond acceptors (Lipinski definition) is 3. The van der Waals surface area contributed by atoms with E-state index in [0.717, 1.165) is 19.3 Å². The van der Waals surface area contributed by atoms with Gasteiger partial charge >= 0.3 is 29.6 Å². The predicted molar refractivity (Wildman–Crippen MR) is 122 cm³/mol. The zero-order chi connectivity index (χ0) is 22.2. The minimum atomic E-state index is -1.23. The van der Waals surface area contributed by atoms with E-state index in [0.29, 0.717) is 6.42 Å². The van der Waals surface area contributed by atoms with Crippen molar-refractivity contribution in [1.82, 2.24) is 0 Å². The third-order valence-corrected chi connectivity index (χ3v) is 6.65. The van der Waals surface area contributed by atoms with Crippen LogP contribution >= 0.6 is 0 Å². The number of rotatable bonds is 20. The zero-order valence-corrected chi connectivity index (χ0v) is 24.4. The molecule has 0 amide bonds. The van der Waals surface area contributed by atoms with Gasteiger partial charge in [0.05, 0.1) is 21.1 Å². The van der Waals surface area contributed by atoms with E-state index in [2.05, 4.69) is 6.92 Å². The standard InChI is InChI=1S/C25H51NO3.ClH.Na/c1-6-7-8-9-10-11-12-13-14-15-16-17-18-19-20-21-22-25(23(2)27,24(28)29)26(3,4)5;;/h23,27H,6-22H2,1-5H3;1H;/q;;+1/p-1. The third kappa shape index (κ3) is 15.2. The normalized spacial score (nSPS) is 14.3. The van der Waals surface area contributed by atoms with Crippen molar-refractivity contribution in [2.75, 3.05) is 21.1 Å². The minimum absolute atomic E-state index is 0. The minimum Gasteiger partial charge on any atom is -1.00 e. The maximum absolute atomic E-state index is 11.8. The number of hydrogen-bond donors (Lipinski definition) is 1. The number of likely N-dealkylation sites (N-methyl/N-ethyl adjacent to an activating group) is 1. The molecule has 0 aromatic carbocycles. The van der Waals surface area contributed by atoms with Gasteiger partial charge in [-0.25, -0.2) is 0 Å². The van der Waals surface area contributed by atoms with Crippen molar-refractivity contribution in [1.29, 1.82) is 0 Å². The molecule has 4 nitrogen and oxygen atoms in total. The average molecular weight is 472 g/mol. The number of halogens is 1. The molecule has 1 N–H and O–H groups in total. The summed E-state index contributed by atoms with van der Waals surface area (Å²) in [6.45, 7) is 3.84. The molecule has 182 valence electrons. The summed E-state index contributed by atoms with van der Waals surface area (Å²) in [5.74, 6) is -1.14. The van der Waals surface area contributed by atoms with Crippen molar-refractivity contribution in [3.63, 3.8) is 0 Å². The Morgan fingerprint density at radius 2 is 1.06 bits per heavy atom. The van der Waals surface area contributed by atoms with Crippen molar-refractivity contribution >= 4 is 5.97 Å². The van der Waals surface area contributed by atoms with Crippen LogP contribution in [0.1, 0.15) is 123 Å². The van der Waals surface area contributed by atoms with E-state index in [-0.39, 0.29) is 46.4 Å². The van der Waals surface area contributed by atoms with Crippen molar-refractivity contribution < 1.29 is 61.5 Å². The Morgan fingerprint density at radius 1 is 0.774 bits per heavy atom. The van der Waals surface area contributed by atoms with Crippen LogP contribution in [-0.4, -0.2) is 48.3 Å². The van der Waals surface area contributed by atoms with Gasteiger partial charge in [0.2, 0.25) is 0 Å². The molecule has 0 saturated carbocycles. The molecule has 31 heavy (non-hydrogen) atoms. The van der Waals surface area contributed by atoms with Crippen molar-refractivity contribution in [3.8, 4) is 0 Å². The molecule has 6 heteroatoms. The number of quaternary nitrogens is 1. The Hall–Kier alpha value is 0.680. The van der Waals surface area contributed by atoms with E-state index in [1.165, 1.54) is 83.5 Å². The van der Waals surface area contributed by atoms with Crippen molar-refractivity contribution in [3.05, 3.63) is 0 Å². The van der Waals surface area contributed by atoms with Crippen molar-refractivity contribution in [2.45, 2.75) is 135 Å². The second-order valence-electron chi connectivity index (χ2n) is 9.95. The van der Waals surface area contributed by atoms with Gasteiger partial charge in [0.25, 0.3) is 0 Å². The third-order valence-electron chi connectivity index (χ3n) is 6.65. The number of aliphatic hydroxyl groups excluding tert-OH is 1. The maximum Gasteiger partial charge on any atom is 1.00 e. The number of aliphatic hydroxyl groups is 1. The fourth-order valence-electron chi connectivity index (χ4n) is 4.59. The van der Waals surface area contributed by atoms with E-state index >= 15 is 0 Å². The van der Waals surface area contributed by atoms with Crippen LogP contribution in [-0.2, 0) is 4.79 Å². The smallest absolute Gasteiger partial charge is 1.00 e. The molecule has 0 aromatic rings. The summed E-state index contributed by atoms with van der Waals surface area (Å²) in [6.07, 6.45) is 20.3. The molecule has 0 radical (unpaired) electrons. The summed E-state index contributed by atoms with van der Waals surface area (Å²) in [5.41, 5.74) is -1.23. The van der Waals surface area contributed by atoms with Gasteiger partial charge in [0, 0.05) is 6.42 Å². The van der Waals surface area contributed by atoms with Crippen LogP contribution in [0.3, 0.4) is 0 Å². The first kappa shape index (κ1) is 36.3. The molecule has 0 aliphatic heterocycles. The van der Waals surface area contributed by atoms with Crippen LogP contribution < -0.4 is 47.1 Å². The molecule has 0 spiro atoms. The maximum atomic E-state index is 11.8. The van der Waals surface area contributed by atoms with Gasteiger partial charge in [-0.05, 0) is 13.3 Å². The summed E-state index contributed by atoms with van der Waals surface area (Å²) in [6, 6.07) is 0. The topological polar surface area (TPSA) is 60.4 Å². The zero-order valence-electron chi connectivity index (χ0n) is 21.7. The summed E-state index contributed by atoms with van der Waals surface area (Å²) in [7, 11) is 5.49. The van der Waals surface area contributed by atoms with Crippen LogP contribution in [0.25, 0.3) is 0 Å². The van der Waals surface area contributed by atoms with Gasteiger partial charge in [-0.2, -0.15) is 0 Å². The van der Waals surface area contributed by atoms with Gasteiger partial charge in [-0.1, -0.05) is 103 Å². The van der Waals surface area contributed by atoms with Gasteiger partial charge in [-0.3, -0.25) is 0 Å². The molecule has 0 aliphatic carbocycles. The number of aliphatic carboxylic acids is 1. The second kappa shape index (κ2) is 21.2. The Kier molecular flexibility index (Phi) is 24.8. The monoisotopic (exact) mass is 471 g/mol. The Morgan fingerprint density at radius 3 is 1.29 bits per heavy atom. The molecule has 0 aromatic heterocycles. The predicted octanol–water partition coefficient (Wildman–Crippen LogP) is -0.778. The van der Waals surface area contributed by atoms with Crippen LogP contribution in [0.4, 0.5) is 0 Å². The summed E-state index contributed by atoms with van der Waals surface area (Å²) in [5, 5.41) is 22.0. The Bertz CT molecular complexity index is 416. The first-order valence-electron chi connectivity index (χ1n) is 12.4. The van der Waals surface area contributed by atoms with Crippen LogP contribution in [0.15, 0.2) is 0 Å². The quantitative estimate of drug-likeness (QED) is 0.144. The van der Waals surface area contributed by atoms with Crippen LogP contribution in [0, 0.1) is 0 Å². The number of unbranched alkanes of at least 4 members (excludes halogenated alkanes) is 15. The first-order valence-corrected chi connectivity index (χ1v) is 12.4. The van der Waals surface area contributed by atoms with Crippen LogP contribution in [0.5, 0.6) is 0 Å². The molecule has 0 fully saturated rings. The molecule has 0 saturated heterocycles. The van der Waals surface area contributed by atoms with Gasteiger partial charge in [0.1, 0.15) is 12.1 Å². The number of carboxylic acid groups (broad SMARTS) is 1.